The molecule has 0 N–H and O–H groups in total. The molecule has 1 rings (SSSR count). The Bertz CT molecular complexity index is 296. The van der Waals surface area contributed by atoms with Crippen molar-refractivity contribution in [3.05, 3.63) is 0 Å². The first kappa shape index (κ1) is 15.5. The van der Waals surface area contributed by atoms with E-state index in [-0.39, 0.29) is 31.7 Å². The Labute approximate surface area is 112 Å². The molecule has 0 aromatic carbocycles. The number of hydrogen-bond donors (Lipinski definition) is 0. The highest BCUT2D eigenvalue weighted by Crippen LogP contribution is 2.27. The predicted molar refractivity (Wildman–Crippen MR) is 65.1 cm³/mol. The lowest BCUT2D eigenvalue weighted by Crippen LogP contribution is -2.35. The molecule has 0 spiro atoms. The van der Waals surface area contributed by atoms with E-state index in [1.807, 2.05) is 0 Å². The van der Waals surface area contributed by atoms with Crippen molar-refractivity contribution in [3.63, 3.8) is 0 Å². The third kappa shape index (κ3) is 5.28. The van der Waals surface area contributed by atoms with Crippen LogP contribution >= 0.6 is 0 Å². The highest BCUT2D eigenvalue weighted by Gasteiger charge is 2.31. The summed E-state index contributed by atoms with van der Waals surface area (Å²) in [5, 5.41) is 0. The van der Waals surface area contributed by atoms with Gasteiger partial charge in [-0.3, -0.25) is 14.4 Å². The van der Waals surface area contributed by atoms with Crippen molar-refractivity contribution in [2.45, 2.75) is 32.6 Å². The first-order chi connectivity index (χ1) is 9.11. The second kappa shape index (κ2) is 7.76. The van der Waals surface area contributed by atoms with Crippen LogP contribution in [0.3, 0.4) is 0 Å². The summed E-state index contributed by atoms with van der Waals surface area (Å²) in [7, 11) is 0. The number of carbonyl (C=O) groups is 3. The Kier molecular flexibility index (Phi) is 6.32. The van der Waals surface area contributed by atoms with Gasteiger partial charge in [0.15, 0.2) is 0 Å². The van der Waals surface area contributed by atoms with Crippen LogP contribution in [0, 0.1) is 11.3 Å². The zero-order chi connectivity index (χ0) is 14.1. The smallest absolute Gasteiger partial charge is 0.308 e. The molecule has 1 saturated carbocycles. The predicted octanol–water partition coefficient (Wildman–Crippen LogP) is 1.07. The van der Waals surface area contributed by atoms with Crippen LogP contribution in [-0.4, -0.2) is 38.7 Å². The number of carbonyl (C=O) groups excluding carboxylic acids is 3. The fourth-order valence-corrected chi connectivity index (χ4v) is 2.12. The third-order valence-electron chi connectivity index (χ3n) is 3.25. The minimum absolute atomic E-state index is 0.0248. The normalized spacial score (nSPS) is 15.8. The lowest BCUT2D eigenvalue weighted by atomic mass is 9.94. The second-order valence-corrected chi connectivity index (χ2v) is 5.21. The van der Waals surface area contributed by atoms with Crippen molar-refractivity contribution < 1.29 is 28.6 Å². The molecule has 0 aromatic rings. The summed E-state index contributed by atoms with van der Waals surface area (Å²) in [4.78, 5) is 32.3. The van der Waals surface area contributed by atoms with Gasteiger partial charge in [0.1, 0.15) is 19.8 Å². The number of hydrogen-bond acceptors (Lipinski definition) is 6. The molecule has 0 saturated heterocycles. The molecule has 0 amide bonds. The van der Waals surface area contributed by atoms with E-state index in [0.717, 1.165) is 25.7 Å². The van der Waals surface area contributed by atoms with Crippen LogP contribution in [-0.2, 0) is 28.6 Å². The molecule has 0 radical (unpaired) electrons. The summed E-state index contributed by atoms with van der Waals surface area (Å²) in [6.45, 7) is 2.48. The Hall–Kier alpha value is -1.59. The van der Waals surface area contributed by atoms with Crippen LogP contribution in [0.15, 0.2) is 0 Å². The van der Waals surface area contributed by atoms with Crippen molar-refractivity contribution in [1.29, 1.82) is 0 Å². The SMILES string of the molecule is CC(COC=O)(COC=O)COC(=O)C1CCCC1. The van der Waals surface area contributed by atoms with Gasteiger partial charge in [0.05, 0.1) is 11.3 Å². The van der Waals surface area contributed by atoms with Crippen molar-refractivity contribution in [2.24, 2.45) is 11.3 Å². The van der Waals surface area contributed by atoms with Gasteiger partial charge in [0.25, 0.3) is 12.9 Å². The van der Waals surface area contributed by atoms with Crippen LogP contribution < -0.4 is 0 Å². The topological polar surface area (TPSA) is 78.9 Å². The lowest BCUT2D eigenvalue weighted by Gasteiger charge is -2.27. The van der Waals surface area contributed by atoms with Gasteiger partial charge in [0, 0.05) is 0 Å². The lowest BCUT2D eigenvalue weighted by molar-refractivity contribution is -0.156. The van der Waals surface area contributed by atoms with Gasteiger partial charge in [-0.15, -0.1) is 0 Å². The Balaban J connectivity index is 2.43. The Morgan fingerprint density at radius 3 is 2.11 bits per heavy atom. The van der Waals surface area contributed by atoms with Crippen molar-refractivity contribution in [1.82, 2.24) is 0 Å². The van der Waals surface area contributed by atoms with E-state index in [9.17, 15) is 14.4 Å². The van der Waals surface area contributed by atoms with Crippen molar-refractivity contribution >= 4 is 18.9 Å². The Morgan fingerprint density at radius 1 is 1.11 bits per heavy atom. The van der Waals surface area contributed by atoms with E-state index in [2.05, 4.69) is 9.47 Å². The summed E-state index contributed by atoms with van der Waals surface area (Å²) in [6.07, 6.45) is 3.84. The first-order valence-electron chi connectivity index (χ1n) is 6.38. The molecule has 1 aliphatic carbocycles. The maximum atomic E-state index is 11.8. The highest BCUT2D eigenvalue weighted by atomic mass is 16.6. The van der Waals surface area contributed by atoms with Gasteiger partial charge in [-0.05, 0) is 19.8 Å². The minimum atomic E-state index is -0.712. The molecule has 19 heavy (non-hydrogen) atoms. The molecule has 0 unspecified atom stereocenters. The molecule has 108 valence electrons. The van der Waals surface area contributed by atoms with E-state index < -0.39 is 5.41 Å². The van der Waals surface area contributed by atoms with Gasteiger partial charge in [0.2, 0.25) is 0 Å². The molecule has 0 aliphatic heterocycles. The minimum Gasteiger partial charge on any atom is -0.467 e. The molecule has 0 atom stereocenters. The first-order valence-corrected chi connectivity index (χ1v) is 6.38. The zero-order valence-corrected chi connectivity index (χ0v) is 11.1. The van der Waals surface area contributed by atoms with Crippen molar-refractivity contribution in [2.75, 3.05) is 19.8 Å². The van der Waals surface area contributed by atoms with Crippen molar-refractivity contribution in [3.8, 4) is 0 Å². The summed E-state index contributed by atoms with van der Waals surface area (Å²) < 4.78 is 14.6. The average Bonchev–Trinajstić information content (AvgIpc) is 2.95. The molecule has 1 aliphatic rings. The van der Waals surface area contributed by atoms with Gasteiger partial charge in [-0.1, -0.05) is 12.8 Å². The van der Waals surface area contributed by atoms with Gasteiger partial charge >= 0.3 is 5.97 Å². The monoisotopic (exact) mass is 272 g/mol. The molecule has 6 heteroatoms. The standard InChI is InChI=1S/C13H20O6/c1-13(6-17-9-14,7-18-10-15)8-19-12(16)11-4-2-3-5-11/h9-11H,2-8H2,1H3. The molecule has 0 heterocycles. The molecule has 6 nitrogen and oxygen atoms in total. The van der Waals surface area contributed by atoms with Gasteiger partial charge in [-0.25, -0.2) is 0 Å². The summed E-state index contributed by atoms with van der Waals surface area (Å²) in [5.41, 5.74) is -0.712. The van der Waals surface area contributed by atoms with Gasteiger partial charge < -0.3 is 14.2 Å². The van der Waals surface area contributed by atoms with Gasteiger partial charge in [-0.2, -0.15) is 0 Å². The largest absolute Gasteiger partial charge is 0.467 e. The number of esters is 1. The zero-order valence-electron chi connectivity index (χ0n) is 11.1. The van der Waals surface area contributed by atoms with Crippen LogP contribution in [0.2, 0.25) is 0 Å². The van der Waals surface area contributed by atoms with Crippen LogP contribution in [0.1, 0.15) is 32.6 Å². The molecule has 0 bridgehead atoms. The van der Waals surface area contributed by atoms with Crippen LogP contribution in [0.5, 0.6) is 0 Å². The number of ether oxygens (including phenoxy) is 3. The average molecular weight is 272 g/mol. The summed E-state index contributed by atoms with van der Waals surface area (Å²) >= 11 is 0. The number of rotatable bonds is 9. The van der Waals surface area contributed by atoms with E-state index in [4.69, 9.17) is 4.74 Å². The third-order valence-corrected chi connectivity index (χ3v) is 3.25. The molecule has 1 fully saturated rings. The van der Waals surface area contributed by atoms with Crippen LogP contribution in [0.25, 0.3) is 0 Å². The fourth-order valence-electron chi connectivity index (χ4n) is 2.12. The molecular formula is C13H20O6. The van der Waals surface area contributed by atoms with Crippen LogP contribution in [0.4, 0.5) is 0 Å². The molecule has 0 aromatic heterocycles. The Morgan fingerprint density at radius 2 is 1.63 bits per heavy atom. The van der Waals surface area contributed by atoms with E-state index in [0.29, 0.717) is 12.9 Å². The quantitative estimate of drug-likeness (QED) is 0.355. The fraction of sp³-hybridized carbons (Fsp3) is 0.769. The highest BCUT2D eigenvalue weighted by molar-refractivity contribution is 5.72. The van der Waals surface area contributed by atoms with E-state index >= 15 is 0 Å². The maximum Gasteiger partial charge on any atom is 0.308 e. The maximum absolute atomic E-state index is 11.8. The van der Waals surface area contributed by atoms with E-state index in [1.54, 1.807) is 6.92 Å². The summed E-state index contributed by atoms with van der Waals surface area (Å²) in [6, 6.07) is 0. The second-order valence-electron chi connectivity index (χ2n) is 5.21. The summed E-state index contributed by atoms with van der Waals surface area (Å²) in [5.74, 6) is -0.246. The molecular weight excluding hydrogens is 252 g/mol. The van der Waals surface area contributed by atoms with E-state index in [1.165, 1.54) is 0 Å².